The largest absolute Gasteiger partial charge is 0.468 e. The summed E-state index contributed by atoms with van der Waals surface area (Å²) >= 11 is 1.57. The third-order valence-electron chi connectivity index (χ3n) is 2.67. The number of thioether (sulfide) groups is 1. The van der Waals surface area contributed by atoms with Crippen LogP contribution in [0.3, 0.4) is 0 Å². The summed E-state index contributed by atoms with van der Waals surface area (Å²) in [7, 11) is 0. The molecule has 1 N–H and O–H groups in total. The fraction of sp³-hybridized carbons (Fsp3) is 0.154. The summed E-state index contributed by atoms with van der Waals surface area (Å²) in [5, 5.41) is 10.3. The second-order valence-electron chi connectivity index (χ2n) is 3.82. The minimum atomic E-state index is -0.0222. The molecule has 0 aliphatic heterocycles. The average molecular weight is 260 g/mol. The predicted octanol–water partition coefficient (Wildman–Crippen LogP) is 2.71. The maximum absolute atomic E-state index is 9.46. The number of aliphatic hydroxyl groups is 1. The molecule has 3 heterocycles. The van der Waals surface area contributed by atoms with Gasteiger partial charge in [-0.3, -0.25) is 0 Å². The lowest BCUT2D eigenvalue weighted by Gasteiger charge is -2.00. The van der Waals surface area contributed by atoms with E-state index >= 15 is 0 Å². The first-order valence-corrected chi connectivity index (χ1v) is 6.59. The van der Waals surface area contributed by atoms with Crippen LogP contribution in [0.25, 0.3) is 5.65 Å². The van der Waals surface area contributed by atoms with Gasteiger partial charge in [0.25, 0.3) is 0 Å². The minimum absolute atomic E-state index is 0.0222. The Morgan fingerprint density at radius 3 is 3.00 bits per heavy atom. The molecule has 0 fully saturated rings. The molecular weight excluding hydrogens is 248 g/mol. The van der Waals surface area contributed by atoms with Gasteiger partial charge in [-0.25, -0.2) is 4.98 Å². The summed E-state index contributed by atoms with van der Waals surface area (Å²) < 4.78 is 7.19. The summed E-state index contributed by atoms with van der Waals surface area (Å²) in [5.41, 5.74) is 1.67. The van der Waals surface area contributed by atoms with Gasteiger partial charge in [0, 0.05) is 6.20 Å². The molecule has 0 aliphatic carbocycles. The Labute approximate surface area is 108 Å². The number of imidazole rings is 1. The molecule has 0 saturated carbocycles. The molecule has 3 aromatic rings. The molecule has 0 spiro atoms. The van der Waals surface area contributed by atoms with Crippen molar-refractivity contribution in [3.8, 4) is 0 Å². The maximum Gasteiger partial charge on any atom is 0.138 e. The average Bonchev–Trinajstić information content (AvgIpc) is 3.03. The Morgan fingerprint density at radius 2 is 2.22 bits per heavy atom. The van der Waals surface area contributed by atoms with E-state index in [0.717, 1.165) is 22.1 Å². The van der Waals surface area contributed by atoms with Crippen molar-refractivity contribution in [1.82, 2.24) is 9.38 Å². The van der Waals surface area contributed by atoms with Crippen LogP contribution in [0.15, 0.2) is 52.2 Å². The third-order valence-corrected chi connectivity index (χ3v) is 3.70. The second kappa shape index (κ2) is 4.88. The van der Waals surface area contributed by atoms with Crippen molar-refractivity contribution in [2.45, 2.75) is 17.4 Å². The molecule has 0 bridgehead atoms. The van der Waals surface area contributed by atoms with E-state index in [2.05, 4.69) is 4.98 Å². The van der Waals surface area contributed by atoms with Crippen LogP contribution in [0, 0.1) is 0 Å². The Kier molecular flexibility index (Phi) is 3.08. The SMILES string of the molecule is OCc1c(SCc2ccco2)nc2ccccn12. The zero-order valence-corrected chi connectivity index (χ0v) is 10.4. The van der Waals surface area contributed by atoms with Crippen LogP contribution in [0.1, 0.15) is 11.5 Å². The summed E-state index contributed by atoms with van der Waals surface area (Å²) in [6.45, 7) is -0.0222. The fourth-order valence-electron chi connectivity index (χ4n) is 1.82. The number of aliphatic hydroxyl groups excluding tert-OH is 1. The first kappa shape index (κ1) is 11.4. The van der Waals surface area contributed by atoms with E-state index < -0.39 is 0 Å². The first-order valence-electron chi connectivity index (χ1n) is 5.60. The molecule has 0 radical (unpaired) electrons. The summed E-state index contributed by atoms with van der Waals surface area (Å²) in [4.78, 5) is 4.51. The molecule has 92 valence electrons. The van der Waals surface area contributed by atoms with Gasteiger partial charge < -0.3 is 13.9 Å². The number of hydrogen-bond acceptors (Lipinski definition) is 4. The van der Waals surface area contributed by atoms with Crippen molar-refractivity contribution in [2.75, 3.05) is 0 Å². The van der Waals surface area contributed by atoms with Gasteiger partial charge in [0.15, 0.2) is 0 Å². The summed E-state index contributed by atoms with van der Waals surface area (Å²) in [6.07, 6.45) is 3.57. The highest BCUT2D eigenvalue weighted by Crippen LogP contribution is 2.26. The number of nitrogens with zero attached hydrogens (tertiary/aromatic N) is 2. The van der Waals surface area contributed by atoms with E-state index in [1.165, 1.54) is 0 Å². The molecule has 3 rings (SSSR count). The van der Waals surface area contributed by atoms with Crippen LogP contribution in [-0.4, -0.2) is 14.5 Å². The van der Waals surface area contributed by atoms with Gasteiger partial charge in [0.1, 0.15) is 16.4 Å². The molecule has 4 nitrogen and oxygen atoms in total. The van der Waals surface area contributed by atoms with Gasteiger partial charge in [0.2, 0.25) is 0 Å². The molecule has 3 aromatic heterocycles. The molecule has 0 unspecified atom stereocenters. The molecule has 5 heteroatoms. The molecular formula is C13H12N2O2S. The first-order chi connectivity index (χ1) is 8.88. The highest BCUT2D eigenvalue weighted by molar-refractivity contribution is 7.98. The van der Waals surface area contributed by atoms with Gasteiger partial charge >= 0.3 is 0 Å². The molecule has 0 amide bonds. The Morgan fingerprint density at radius 1 is 1.28 bits per heavy atom. The highest BCUT2D eigenvalue weighted by Gasteiger charge is 2.11. The number of rotatable bonds is 4. The molecule has 18 heavy (non-hydrogen) atoms. The Bertz CT molecular complexity index is 646. The Hall–Kier alpha value is -1.72. The van der Waals surface area contributed by atoms with E-state index in [1.807, 2.05) is 40.9 Å². The van der Waals surface area contributed by atoms with Crippen LogP contribution in [0.4, 0.5) is 0 Å². The zero-order chi connectivity index (χ0) is 12.4. The van der Waals surface area contributed by atoms with Crippen molar-refractivity contribution in [3.05, 3.63) is 54.2 Å². The number of pyridine rings is 1. The molecule has 0 atom stereocenters. The van der Waals surface area contributed by atoms with Gasteiger partial charge in [-0.2, -0.15) is 0 Å². The van der Waals surface area contributed by atoms with E-state index in [-0.39, 0.29) is 6.61 Å². The minimum Gasteiger partial charge on any atom is -0.468 e. The molecule has 0 aliphatic rings. The standard InChI is InChI=1S/C13H12N2O2S/c16-8-11-13(18-9-10-4-3-7-17-10)14-12-5-1-2-6-15(11)12/h1-7,16H,8-9H2. The second-order valence-corrected chi connectivity index (χ2v) is 4.78. The maximum atomic E-state index is 9.46. The smallest absolute Gasteiger partial charge is 0.138 e. The monoisotopic (exact) mass is 260 g/mol. The van der Waals surface area contributed by atoms with E-state index in [9.17, 15) is 5.11 Å². The van der Waals surface area contributed by atoms with Crippen molar-refractivity contribution < 1.29 is 9.52 Å². The van der Waals surface area contributed by atoms with Crippen LogP contribution >= 0.6 is 11.8 Å². The predicted molar refractivity (Wildman–Crippen MR) is 69.4 cm³/mol. The van der Waals surface area contributed by atoms with Gasteiger partial charge in [0.05, 0.1) is 24.3 Å². The highest BCUT2D eigenvalue weighted by atomic mass is 32.2. The fourth-order valence-corrected chi connectivity index (χ4v) is 2.75. The van der Waals surface area contributed by atoms with Crippen molar-refractivity contribution in [1.29, 1.82) is 0 Å². The van der Waals surface area contributed by atoms with Gasteiger partial charge in [-0.1, -0.05) is 17.8 Å². The van der Waals surface area contributed by atoms with Crippen molar-refractivity contribution >= 4 is 17.4 Å². The van der Waals surface area contributed by atoms with E-state index in [1.54, 1.807) is 18.0 Å². The van der Waals surface area contributed by atoms with Gasteiger partial charge in [-0.05, 0) is 24.3 Å². The zero-order valence-electron chi connectivity index (χ0n) is 9.61. The quantitative estimate of drug-likeness (QED) is 0.733. The topological polar surface area (TPSA) is 50.7 Å². The summed E-state index contributed by atoms with van der Waals surface area (Å²) in [6, 6.07) is 9.59. The van der Waals surface area contributed by atoms with Crippen LogP contribution < -0.4 is 0 Å². The van der Waals surface area contributed by atoms with E-state index in [0.29, 0.717) is 5.75 Å². The lowest BCUT2D eigenvalue weighted by molar-refractivity contribution is 0.272. The molecule has 0 saturated heterocycles. The molecule has 0 aromatic carbocycles. The lowest BCUT2D eigenvalue weighted by Crippen LogP contribution is -1.92. The van der Waals surface area contributed by atoms with E-state index in [4.69, 9.17) is 4.42 Å². The van der Waals surface area contributed by atoms with Crippen LogP contribution in [0.2, 0.25) is 0 Å². The van der Waals surface area contributed by atoms with Crippen LogP contribution in [-0.2, 0) is 12.4 Å². The van der Waals surface area contributed by atoms with Crippen molar-refractivity contribution in [2.24, 2.45) is 0 Å². The normalized spacial score (nSPS) is 11.2. The van der Waals surface area contributed by atoms with Crippen molar-refractivity contribution in [3.63, 3.8) is 0 Å². The third kappa shape index (κ3) is 2.02. The number of aromatic nitrogens is 2. The van der Waals surface area contributed by atoms with Gasteiger partial charge in [-0.15, -0.1) is 0 Å². The van der Waals surface area contributed by atoms with Crippen LogP contribution in [0.5, 0.6) is 0 Å². The summed E-state index contributed by atoms with van der Waals surface area (Å²) in [5.74, 6) is 1.62. The Balaban J connectivity index is 1.91. The number of fused-ring (bicyclic) bond motifs is 1. The lowest BCUT2D eigenvalue weighted by atomic mass is 10.4. The number of furan rings is 1. The number of hydrogen-bond donors (Lipinski definition) is 1.